The van der Waals surface area contributed by atoms with Crippen LogP contribution >= 0.6 is 0 Å². The third kappa shape index (κ3) is 4.09. The molecular formula is C23H33NO2. The molecule has 0 spiro atoms. The molecular weight excluding hydrogens is 322 g/mol. The SMILES string of the molecule is CC(C)CC(C)(O)c1ccc2ccccc2c1C(=O)N(C(C)C)C(C)C. The normalized spacial score (nSPS) is 14.3. The van der Waals surface area contributed by atoms with E-state index in [1.54, 1.807) is 0 Å². The second-order valence-corrected chi connectivity index (χ2v) is 8.48. The van der Waals surface area contributed by atoms with Gasteiger partial charge in [-0.3, -0.25) is 4.79 Å². The minimum Gasteiger partial charge on any atom is -0.385 e. The highest BCUT2D eigenvalue weighted by Gasteiger charge is 2.33. The smallest absolute Gasteiger partial charge is 0.255 e. The maximum Gasteiger partial charge on any atom is 0.255 e. The molecule has 0 bridgehead atoms. The third-order valence-electron chi connectivity index (χ3n) is 4.88. The van der Waals surface area contributed by atoms with Crippen LogP contribution in [0.2, 0.25) is 0 Å². The van der Waals surface area contributed by atoms with Crippen molar-refractivity contribution in [3.05, 3.63) is 47.5 Å². The molecule has 2 aromatic rings. The second kappa shape index (κ2) is 7.79. The third-order valence-corrected chi connectivity index (χ3v) is 4.88. The van der Waals surface area contributed by atoms with E-state index in [4.69, 9.17) is 0 Å². The molecule has 0 radical (unpaired) electrons. The average Bonchev–Trinajstić information content (AvgIpc) is 2.51. The summed E-state index contributed by atoms with van der Waals surface area (Å²) in [5.74, 6) is 0.316. The first-order chi connectivity index (χ1) is 12.1. The summed E-state index contributed by atoms with van der Waals surface area (Å²) >= 11 is 0. The van der Waals surface area contributed by atoms with Gasteiger partial charge in [-0.1, -0.05) is 50.2 Å². The van der Waals surface area contributed by atoms with Gasteiger partial charge >= 0.3 is 0 Å². The van der Waals surface area contributed by atoms with Crippen LogP contribution in [0, 0.1) is 5.92 Å². The molecule has 1 N–H and O–H groups in total. The molecule has 2 rings (SSSR count). The van der Waals surface area contributed by atoms with E-state index in [0.29, 0.717) is 17.9 Å². The van der Waals surface area contributed by atoms with Crippen molar-refractivity contribution < 1.29 is 9.90 Å². The Labute approximate surface area is 158 Å². The average molecular weight is 356 g/mol. The Hall–Kier alpha value is -1.87. The fourth-order valence-corrected chi connectivity index (χ4v) is 4.05. The highest BCUT2D eigenvalue weighted by molar-refractivity contribution is 6.08. The zero-order valence-corrected chi connectivity index (χ0v) is 17.2. The molecule has 1 atom stereocenters. The number of rotatable bonds is 6. The predicted molar refractivity (Wildman–Crippen MR) is 109 cm³/mol. The van der Waals surface area contributed by atoms with E-state index in [-0.39, 0.29) is 18.0 Å². The molecule has 3 nitrogen and oxygen atoms in total. The minimum absolute atomic E-state index is 0.00849. The van der Waals surface area contributed by atoms with Crippen molar-refractivity contribution in [3.8, 4) is 0 Å². The molecule has 2 aromatic carbocycles. The predicted octanol–water partition coefficient (Wildman–Crippen LogP) is 5.35. The second-order valence-electron chi connectivity index (χ2n) is 8.48. The van der Waals surface area contributed by atoms with Gasteiger partial charge in [0, 0.05) is 12.1 Å². The monoisotopic (exact) mass is 355 g/mol. The Morgan fingerprint density at radius 1 is 1.00 bits per heavy atom. The molecule has 0 aliphatic carbocycles. The summed E-state index contributed by atoms with van der Waals surface area (Å²) in [6.45, 7) is 14.1. The Morgan fingerprint density at radius 2 is 1.58 bits per heavy atom. The Kier molecular flexibility index (Phi) is 6.13. The first kappa shape index (κ1) is 20.4. The fourth-order valence-electron chi connectivity index (χ4n) is 4.05. The maximum absolute atomic E-state index is 13.6. The van der Waals surface area contributed by atoms with E-state index in [2.05, 4.69) is 13.8 Å². The van der Waals surface area contributed by atoms with Crippen molar-refractivity contribution in [1.29, 1.82) is 0 Å². The number of hydrogen-bond acceptors (Lipinski definition) is 2. The molecule has 0 aliphatic heterocycles. The Balaban J connectivity index is 2.75. The van der Waals surface area contributed by atoms with Crippen molar-refractivity contribution >= 4 is 16.7 Å². The lowest BCUT2D eigenvalue weighted by molar-refractivity contribution is 0.0321. The van der Waals surface area contributed by atoms with Gasteiger partial charge in [0.1, 0.15) is 0 Å². The van der Waals surface area contributed by atoms with Crippen molar-refractivity contribution in [2.45, 2.75) is 72.6 Å². The van der Waals surface area contributed by atoms with Crippen LogP contribution in [0.5, 0.6) is 0 Å². The first-order valence-corrected chi connectivity index (χ1v) is 9.63. The van der Waals surface area contributed by atoms with Crippen LogP contribution in [0.4, 0.5) is 0 Å². The van der Waals surface area contributed by atoms with Gasteiger partial charge in [0.15, 0.2) is 0 Å². The van der Waals surface area contributed by atoms with Crippen molar-refractivity contribution in [3.63, 3.8) is 0 Å². The Bertz CT molecular complexity index is 767. The van der Waals surface area contributed by atoms with Crippen LogP contribution in [0.15, 0.2) is 36.4 Å². The molecule has 142 valence electrons. The maximum atomic E-state index is 13.6. The molecule has 26 heavy (non-hydrogen) atoms. The molecule has 0 aliphatic rings. The molecule has 1 unspecified atom stereocenters. The lowest BCUT2D eigenvalue weighted by Crippen LogP contribution is -2.43. The van der Waals surface area contributed by atoms with Gasteiger partial charge < -0.3 is 10.0 Å². The van der Waals surface area contributed by atoms with Crippen molar-refractivity contribution in [1.82, 2.24) is 4.90 Å². The van der Waals surface area contributed by atoms with Crippen molar-refractivity contribution in [2.75, 3.05) is 0 Å². The van der Waals surface area contributed by atoms with Crippen LogP contribution in [0.1, 0.15) is 70.8 Å². The number of hydrogen-bond donors (Lipinski definition) is 1. The van der Waals surface area contributed by atoms with Crippen LogP contribution in [-0.4, -0.2) is 28.0 Å². The van der Waals surface area contributed by atoms with E-state index in [1.807, 2.05) is 75.9 Å². The standard InChI is InChI=1S/C23H33NO2/c1-15(2)14-23(7,26)20-13-12-18-10-8-9-11-19(18)21(20)22(25)24(16(3)4)17(5)6/h8-13,15-17,26H,14H2,1-7H3. The molecule has 0 fully saturated rings. The number of aliphatic hydroxyl groups is 1. The van der Waals surface area contributed by atoms with Gasteiger partial charge in [0.05, 0.1) is 11.2 Å². The van der Waals surface area contributed by atoms with Gasteiger partial charge in [-0.25, -0.2) is 0 Å². The van der Waals surface area contributed by atoms with Crippen LogP contribution in [-0.2, 0) is 5.60 Å². The van der Waals surface area contributed by atoms with E-state index in [1.165, 1.54) is 0 Å². The highest BCUT2D eigenvalue weighted by atomic mass is 16.3. The minimum atomic E-state index is -1.05. The fraction of sp³-hybridized carbons (Fsp3) is 0.522. The lowest BCUT2D eigenvalue weighted by atomic mass is 9.82. The van der Waals surface area contributed by atoms with Crippen LogP contribution in [0.3, 0.4) is 0 Å². The number of nitrogens with zero attached hydrogens (tertiary/aromatic N) is 1. The highest BCUT2D eigenvalue weighted by Crippen LogP contribution is 2.35. The number of fused-ring (bicyclic) bond motifs is 1. The summed E-state index contributed by atoms with van der Waals surface area (Å²) in [5.41, 5.74) is 0.306. The van der Waals surface area contributed by atoms with Crippen LogP contribution in [0.25, 0.3) is 10.8 Å². The summed E-state index contributed by atoms with van der Waals surface area (Å²) in [5, 5.41) is 13.2. The summed E-state index contributed by atoms with van der Waals surface area (Å²) in [6.07, 6.45) is 0.606. The summed E-state index contributed by atoms with van der Waals surface area (Å²) in [4.78, 5) is 15.5. The zero-order chi connectivity index (χ0) is 19.6. The molecule has 1 amide bonds. The quantitative estimate of drug-likeness (QED) is 0.758. The van der Waals surface area contributed by atoms with E-state index in [9.17, 15) is 9.90 Å². The summed E-state index contributed by atoms with van der Waals surface area (Å²) in [6, 6.07) is 12.0. The lowest BCUT2D eigenvalue weighted by Gasteiger charge is -2.34. The molecule has 0 heterocycles. The Morgan fingerprint density at radius 3 is 2.12 bits per heavy atom. The first-order valence-electron chi connectivity index (χ1n) is 9.63. The topological polar surface area (TPSA) is 40.5 Å². The van der Waals surface area contributed by atoms with Gasteiger partial charge in [0.25, 0.3) is 5.91 Å². The van der Waals surface area contributed by atoms with Gasteiger partial charge in [-0.15, -0.1) is 0 Å². The molecule has 0 aromatic heterocycles. The molecule has 0 saturated heterocycles. The number of carbonyl (C=O) groups is 1. The number of amides is 1. The number of carbonyl (C=O) groups excluding carboxylic acids is 1. The molecule has 3 heteroatoms. The van der Waals surface area contributed by atoms with Crippen LogP contribution < -0.4 is 0 Å². The summed E-state index contributed by atoms with van der Waals surface area (Å²) < 4.78 is 0. The van der Waals surface area contributed by atoms with Gasteiger partial charge in [-0.05, 0) is 63.3 Å². The van der Waals surface area contributed by atoms with Crippen molar-refractivity contribution in [2.24, 2.45) is 5.92 Å². The van der Waals surface area contributed by atoms with E-state index < -0.39 is 5.60 Å². The molecule has 0 saturated carbocycles. The van der Waals surface area contributed by atoms with E-state index >= 15 is 0 Å². The van der Waals surface area contributed by atoms with Gasteiger partial charge in [0.2, 0.25) is 0 Å². The zero-order valence-electron chi connectivity index (χ0n) is 17.2. The van der Waals surface area contributed by atoms with E-state index in [0.717, 1.165) is 16.3 Å². The summed E-state index contributed by atoms with van der Waals surface area (Å²) in [7, 11) is 0. The number of benzene rings is 2. The van der Waals surface area contributed by atoms with Gasteiger partial charge in [-0.2, -0.15) is 0 Å². The largest absolute Gasteiger partial charge is 0.385 e.